The number of anilines is 1. The van der Waals surface area contributed by atoms with E-state index in [9.17, 15) is 4.79 Å². The molecule has 0 aromatic carbocycles. The van der Waals surface area contributed by atoms with E-state index in [1.165, 1.54) is 17.6 Å². The minimum absolute atomic E-state index is 0.169. The van der Waals surface area contributed by atoms with Crippen molar-refractivity contribution in [2.75, 3.05) is 43.1 Å². The molecule has 0 spiro atoms. The number of amides is 1. The summed E-state index contributed by atoms with van der Waals surface area (Å²) in [5.74, 6) is 7.81. The van der Waals surface area contributed by atoms with Gasteiger partial charge in [0.15, 0.2) is 0 Å². The number of hydrogen-bond acceptors (Lipinski definition) is 6. The van der Waals surface area contributed by atoms with E-state index in [0.29, 0.717) is 17.9 Å². The Kier molecular flexibility index (Phi) is 5.90. The Balaban J connectivity index is 1.83. The van der Waals surface area contributed by atoms with Crippen molar-refractivity contribution < 1.29 is 4.79 Å². The van der Waals surface area contributed by atoms with Crippen LogP contribution in [0.25, 0.3) is 0 Å². The SMILES string of the molecule is NNc1cc(C(=O)NCCN2CCSCC2)cc(Cl)n1. The molecule has 1 aliphatic rings. The van der Waals surface area contributed by atoms with Gasteiger partial charge >= 0.3 is 0 Å². The zero-order valence-corrected chi connectivity index (χ0v) is 12.6. The zero-order chi connectivity index (χ0) is 14.4. The van der Waals surface area contributed by atoms with Crippen LogP contribution in [0.3, 0.4) is 0 Å². The number of halogens is 1. The minimum atomic E-state index is -0.169. The van der Waals surface area contributed by atoms with Gasteiger partial charge in [0.2, 0.25) is 0 Å². The minimum Gasteiger partial charge on any atom is -0.351 e. The summed E-state index contributed by atoms with van der Waals surface area (Å²) in [5, 5.41) is 3.12. The van der Waals surface area contributed by atoms with Crippen LogP contribution in [0.4, 0.5) is 5.82 Å². The van der Waals surface area contributed by atoms with Crippen LogP contribution >= 0.6 is 23.4 Å². The summed E-state index contributed by atoms with van der Waals surface area (Å²) >= 11 is 7.80. The number of hydrogen-bond donors (Lipinski definition) is 3. The quantitative estimate of drug-likeness (QED) is 0.423. The number of pyridine rings is 1. The molecule has 2 heterocycles. The molecule has 20 heavy (non-hydrogen) atoms. The van der Waals surface area contributed by atoms with Crippen LogP contribution in [0.15, 0.2) is 12.1 Å². The van der Waals surface area contributed by atoms with Gasteiger partial charge in [-0.1, -0.05) is 11.6 Å². The average Bonchev–Trinajstić information content (AvgIpc) is 2.47. The number of aromatic nitrogens is 1. The van der Waals surface area contributed by atoms with Gasteiger partial charge in [0.25, 0.3) is 5.91 Å². The molecule has 1 saturated heterocycles. The number of thioether (sulfide) groups is 1. The molecule has 6 nitrogen and oxygen atoms in total. The standard InChI is InChI=1S/C12H18ClN5OS/c13-10-7-9(8-11(16-10)17-14)12(19)15-1-2-18-3-5-20-6-4-18/h7-8H,1-6,14H2,(H,15,19)(H,16,17). The van der Waals surface area contributed by atoms with E-state index in [1.54, 1.807) is 6.07 Å². The van der Waals surface area contributed by atoms with Crippen LogP contribution in [0, 0.1) is 0 Å². The maximum absolute atomic E-state index is 12.0. The largest absolute Gasteiger partial charge is 0.351 e. The summed E-state index contributed by atoms with van der Waals surface area (Å²) in [6, 6.07) is 3.09. The van der Waals surface area contributed by atoms with Crippen molar-refractivity contribution in [1.82, 2.24) is 15.2 Å². The highest BCUT2D eigenvalue weighted by Crippen LogP contribution is 2.13. The molecule has 0 aliphatic carbocycles. The summed E-state index contributed by atoms with van der Waals surface area (Å²) in [6.45, 7) is 3.66. The van der Waals surface area contributed by atoms with Crippen molar-refractivity contribution in [1.29, 1.82) is 0 Å². The summed E-state index contributed by atoms with van der Waals surface area (Å²) in [4.78, 5) is 18.3. The van der Waals surface area contributed by atoms with Crippen LogP contribution in [0.2, 0.25) is 5.15 Å². The monoisotopic (exact) mass is 315 g/mol. The Labute approximate surface area is 127 Å². The van der Waals surface area contributed by atoms with Gasteiger partial charge in [0.05, 0.1) is 0 Å². The third-order valence-corrected chi connectivity index (χ3v) is 4.16. The van der Waals surface area contributed by atoms with E-state index in [4.69, 9.17) is 17.4 Å². The Morgan fingerprint density at radius 1 is 1.45 bits per heavy atom. The molecule has 0 bridgehead atoms. The Bertz CT molecular complexity index is 467. The van der Waals surface area contributed by atoms with Crippen molar-refractivity contribution in [3.8, 4) is 0 Å². The summed E-state index contributed by atoms with van der Waals surface area (Å²) < 4.78 is 0. The Hall–Kier alpha value is -1.02. The van der Waals surface area contributed by atoms with Crippen molar-refractivity contribution in [2.24, 2.45) is 5.84 Å². The number of nitrogen functional groups attached to an aromatic ring is 1. The summed E-state index contributed by atoms with van der Waals surface area (Å²) in [7, 11) is 0. The first-order chi connectivity index (χ1) is 9.69. The normalized spacial score (nSPS) is 15.9. The predicted octanol–water partition coefficient (Wildman–Crippen LogP) is 0.799. The lowest BCUT2D eigenvalue weighted by atomic mass is 10.2. The Morgan fingerprint density at radius 2 is 2.20 bits per heavy atom. The number of nitrogens with one attached hydrogen (secondary N) is 2. The van der Waals surface area contributed by atoms with Crippen molar-refractivity contribution in [2.45, 2.75) is 0 Å². The molecule has 1 fully saturated rings. The van der Waals surface area contributed by atoms with Gasteiger partial charge in [-0.2, -0.15) is 11.8 Å². The molecular formula is C12H18ClN5OS. The highest BCUT2D eigenvalue weighted by atomic mass is 35.5. The highest BCUT2D eigenvalue weighted by molar-refractivity contribution is 7.99. The van der Waals surface area contributed by atoms with Crippen LogP contribution < -0.4 is 16.6 Å². The van der Waals surface area contributed by atoms with Crippen LogP contribution in [0.5, 0.6) is 0 Å². The maximum atomic E-state index is 12.0. The van der Waals surface area contributed by atoms with Crippen LogP contribution in [-0.4, -0.2) is 53.5 Å². The average molecular weight is 316 g/mol. The fraction of sp³-hybridized carbons (Fsp3) is 0.500. The Morgan fingerprint density at radius 3 is 2.90 bits per heavy atom. The zero-order valence-electron chi connectivity index (χ0n) is 11.1. The van der Waals surface area contributed by atoms with Gasteiger partial charge in [-0.05, 0) is 12.1 Å². The number of carbonyl (C=O) groups excluding carboxylic acids is 1. The molecular weight excluding hydrogens is 298 g/mol. The van der Waals surface area contributed by atoms with Crippen molar-refractivity contribution >= 4 is 35.1 Å². The van der Waals surface area contributed by atoms with Crippen molar-refractivity contribution in [3.05, 3.63) is 22.8 Å². The number of nitrogens with zero attached hydrogens (tertiary/aromatic N) is 2. The van der Waals surface area contributed by atoms with E-state index in [-0.39, 0.29) is 11.1 Å². The molecule has 0 atom stereocenters. The van der Waals surface area contributed by atoms with Gasteiger partial charge in [-0.25, -0.2) is 10.8 Å². The fourth-order valence-corrected chi connectivity index (χ4v) is 3.14. The number of hydrazine groups is 1. The second-order valence-electron chi connectivity index (χ2n) is 4.42. The van der Waals surface area contributed by atoms with Gasteiger partial charge in [0.1, 0.15) is 11.0 Å². The van der Waals surface area contributed by atoms with Crippen LogP contribution in [0.1, 0.15) is 10.4 Å². The molecule has 0 saturated carbocycles. The molecule has 1 aromatic rings. The summed E-state index contributed by atoms with van der Waals surface area (Å²) in [6.07, 6.45) is 0. The van der Waals surface area contributed by atoms with Gasteiger partial charge in [-0.3, -0.25) is 9.69 Å². The molecule has 4 N–H and O–H groups in total. The third-order valence-electron chi connectivity index (χ3n) is 3.02. The maximum Gasteiger partial charge on any atom is 0.251 e. The molecule has 110 valence electrons. The summed E-state index contributed by atoms with van der Waals surface area (Å²) in [5.41, 5.74) is 2.84. The lowest BCUT2D eigenvalue weighted by Gasteiger charge is -2.26. The molecule has 1 amide bonds. The first kappa shape index (κ1) is 15.4. The number of rotatable bonds is 5. The van der Waals surface area contributed by atoms with Gasteiger partial charge in [0, 0.05) is 43.2 Å². The third kappa shape index (κ3) is 4.52. The molecule has 1 aliphatic heterocycles. The lowest BCUT2D eigenvalue weighted by molar-refractivity contribution is 0.0949. The fourth-order valence-electron chi connectivity index (χ4n) is 1.96. The predicted molar refractivity (Wildman–Crippen MR) is 83.2 cm³/mol. The van der Waals surface area contributed by atoms with Gasteiger partial charge < -0.3 is 10.7 Å². The lowest BCUT2D eigenvalue weighted by Crippen LogP contribution is -2.39. The molecule has 8 heteroatoms. The molecule has 1 aromatic heterocycles. The van der Waals surface area contributed by atoms with E-state index in [2.05, 4.69) is 20.6 Å². The first-order valence-corrected chi connectivity index (χ1v) is 7.95. The smallest absolute Gasteiger partial charge is 0.251 e. The van der Waals surface area contributed by atoms with E-state index >= 15 is 0 Å². The molecule has 0 unspecified atom stereocenters. The van der Waals surface area contributed by atoms with Crippen LogP contribution in [-0.2, 0) is 0 Å². The van der Waals surface area contributed by atoms with E-state index in [0.717, 1.165) is 19.6 Å². The first-order valence-electron chi connectivity index (χ1n) is 6.41. The van der Waals surface area contributed by atoms with Gasteiger partial charge in [-0.15, -0.1) is 0 Å². The second kappa shape index (κ2) is 7.68. The van der Waals surface area contributed by atoms with E-state index < -0.39 is 0 Å². The number of carbonyl (C=O) groups is 1. The molecule has 2 rings (SSSR count). The topological polar surface area (TPSA) is 83.3 Å². The number of nitrogens with two attached hydrogens (primary N) is 1. The second-order valence-corrected chi connectivity index (χ2v) is 6.03. The van der Waals surface area contributed by atoms with Crippen molar-refractivity contribution in [3.63, 3.8) is 0 Å². The molecule has 0 radical (unpaired) electrons. The highest BCUT2D eigenvalue weighted by Gasteiger charge is 2.12. The van der Waals surface area contributed by atoms with E-state index in [1.807, 2.05) is 11.8 Å².